The van der Waals surface area contributed by atoms with Crippen LogP contribution >= 0.6 is 11.8 Å². The molecule has 6 heteroatoms. The summed E-state index contributed by atoms with van der Waals surface area (Å²) in [6.45, 7) is 4.21. The minimum atomic E-state index is -0.554. The Morgan fingerprint density at radius 1 is 1.14 bits per heavy atom. The van der Waals surface area contributed by atoms with Gasteiger partial charge in [-0.2, -0.15) is 0 Å². The molecule has 1 unspecified atom stereocenters. The number of likely N-dealkylation sites (N-methyl/N-ethyl adjacent to an activating group) is 1. The summed E-state index contributed by atoms with van der Waals surface area (Å²) in [5, 5.41) is 2.64. The third-order valence-electron chi connectivity index (χ3n) is 4.64. The number of benzene rings is 2. The van der Waals surface area contributed by atoms with E-state index in [1.54, 1.807) is 24.1 Å². The van der Waals surface area contributed by atoms with Crippen LogP contribution in [0.1, 0.15) is 30.0 Å². The van der Waals surface area contributed by atoms with Crippen LogP contribution < -0.4 is 5.32 Å². The molecule has 0 heterocycles. The van der Waals surface area contributed by atoms with Crippen molar-refractivity contribution >= 4 is 23.6 Å². The average Bonchev–Trinajstić information content (AvgIpc) is 2.70. The zero-order valence-electron chi connectivity index (χ0n) is 16.6. The molecule has 2 rings (SSSR count). The molecule has 2 aromatic carbocycles. The molecule has 28 heavy (non-hydrogen) atoms. The molecule has 0 bridgehead atoms. The van der Waals surface area contributed by atoms with Gasteiger partial charge in [-0.1, -0.05) is 43.3 Å². The van der Waals surface area contributed by atoms with E-state index in [0.717, 1.165) is 11.3 Å². The van der Waals surface area contributed by atoms with Crippen molar-refractivity contribution in [1.29, 1.82) is 0 Å². The zero-order chi connectivity index (χ0) is 20.5. The van der Waals surface area contributed by atoms with Crippen molar-refractivity contribution in [2.24, 2.45) is 0 Å². The molecule has 0 aromatic heterocycles. The Hall–Kier alpha value is -2.34. The van der Waals surface area contributed by atoms with Gasteiger partial charge >= 0.3 is 0 Å². The lowest BCUT2D eigenvalue weighted by molar-refractivity contribution is -0.139. The van der Waals surface area contributed by atoms with Crippen molar-refractivity contribution in [3.63, 3.8) is 0 Å². The van der Waals surface area contributed by atoms with Crippen LogP contribution in [0.25, 0.3) is 0 Å². The first kappa shape index (κ1) is 22.0. The van der Waals surface area contributed by atoms with Gasteiger partial charge in [0, 0.05) is 19.3 Å². The van der Waals surface area contributed by atoms with E-state index in [9.17, 15) is 14.0 Å². The third-order valence-corrected chi connectivity index (χ3v) is 5.61. The van der Waals surface area contributed by atoms with Crippen molar-refractivity contribution in [1.82, 2.24) is 10.2 Å². The Labute approximate surface area is 170 Å². The molecule has 2 amide bonds. The number of hydrogen-bond acceptors (Lipinski definition) is 3. The Balaban J connectivity index is 2.10. The van der Waals surface area contributed by atoms with Crippen molar-refractivity contribution < 1.29 is 14.0 Å². The topological polar surface area (TPSA) is 49.4 Å². The third kappa shape index (κ3) is 6.09. The van der Waals surface area contributed by atoms with E-state index >= 15 is 0 Å². The first-order valence-electron chi connectivity index (χ1n) is 9.34. The summed E-state index contributed by atoms with van der Waals surface area (Å²) in [5.74, 6) is 0.400. The Kier molecular flexibility index (Phi) is 8.51. The number of nitrogens with zero attached hydrogens (tertiary/aromatic N) is 1. The number of carbonyl (C=O) groups is 2. The molecule has 150 valence electrons. The predicted octanol–water partition coefficient (Wildman–Crippen LogP) is 3.92. The van der Waals surface area contributed by atoms with Crippen LogP contribution in [-0.2, 0) is 21.9 Å². The van der Waals surface area contributed by atoms with Gasteiger partial charge in [-0.15, -0.1) is 11.8 Å². The highest BCUT2D eigenvalue weighted by atomic mass is 32.2. The molecule has 0 spiro atoms. The van der Waals surface area contributed by atoms with Gasteiger partial charge in [0.2, 0.25) is 11.8 Å². The van der Waals surface area contributed by atoms with Gasteiger partial charge in [0.15, 0.2) is 0 Å². The normalized spacial score (nSPS) is 11.7. The monoisotopic (exact) mass is 402 g/mol. The SMILES string of the molecule is CCC(C(=O)NC)N(Cc1ccc(F)cc1)C(=O)CSCc1ccccc1C. The average molecular weight is 403 g/mol. The van der Waals surface area contributed by atoms with Crippen LogP contribution in [0.15, 0.2) is 48.5 Å². The van der Waals surface area contributed by atoms with E-state index in [1.807, 2.05) is 19.1 Å². The van der Waals surface area contributed by atoms with Crippen LogP contribution in [0.2, 0.25) is 0 Å². The quantitative estimate of drug-likeness (QED) is 0.692. The van der Waals surface area contributed by atoms with Crippen LogP contribution in [-0.4, -0.2) is 35.6 Å². The summed E-state index contributed by atoms with van der Waals surface area (Å²) < 4.78 is 13.2. The van der Waals surface area contributed by atoms with E-state index in [2.05, 4.69) is 24.4 Å². The summed E-state index contributed by atoms with van der Waals surface area (Å²) >= 11 is 1.53. The second kappa shape index (κ2) is 10.9. The molecule has 1 N–H and O–H groups in total. The first-order chi connectivity index (χ1) is 13.5. The molecule has 0 aliphatic heterocycles. The number of nitrogens with one attached hydrogen (secondary N) is 1. The minimum absolute atomic E-state index is 0.0987. The lowest BCUT2D eigenvalue weighted by Crippen LogP contribution is -2.48. The lowest BCUT2D eigenvalue weighted by Gasteiger charge is -2.30. The Morgan fingerprint density at radius 2 is 1.82 bits per heavy atom. The van der Waals surface area contributed by atoms with Crippen molar-refractivity contribution in [2.75, 3.05) is 12.8 Å². The maximum Gasteiger partial charge on any atom is 0.242 e. The van der Waals surface area contributed by atoms with E-state index in [1.165, 1.54) is 35.0 Å². The molecule has 1 atom stereocenters. The van der Waals surface area contributed by atoms with Gasteiger partial charge in [-0.3, -0.25) is 9.59 Å². The van der Waals surface area contributed by atoms with Crippen molar-refractivity contribution in [3.8, 4) is 0 Å². The maximum atomic E-state index is 13.2. The number of hydrogen-bond donors (Lipinski definition) is 1. The second-order valence-corrected chi connectivity index (χ2v) is 7.59. The van der Waals surface area contributed by atoms with Gasteiger partial charge < -0.3 is 10.2 Å². The fourth-order valence-electron chi connectivity index (χ4n) is 2.98. The summed E-state index contributed by atoms with van der Waals surface area (Å²) in [6, 6.07) is 13.6. The molecule has 4 nitrogen and oxygen atoms in total. The van der Waals surface area contributed by atoms with Crippen molar-refractivity contribution in [2.45, 2.75) is 38.6 Å². The highest BCUT2D eigenvalue weighted by Gasteiger charge is 2.27. The first-order valence-corrected chi connectivity index (χ1v) is 10.5. The largest absolute Gasteiger partial charge is 0.357 e. The molecule has 0 aliphatic rings. The second-order valence-electron chi connectivity index (χ2n) is 6.61. The molecule has 0 radical (unpaired) electrons. The van der Waals surface area contributed by atoms with Crippen molar-refractivity contribution in [3.05, 3.63) is 71.0 Å². The molecular weight excluding hydrogens is 375 g/mol. The molecule has 0 saturated carbocycles. The Morgan fingerprint density at radius 3 is 2.43 bits per heavy atom. The smallest absolute Gasteiger partial charge is 0.242 e. The van der Waals surface area contributed by atoms with Gasteiger partial charge in [0.1, 0.15) is 11.9 Å². The number of rotatable bonds is 9. The summed E-state index contributed by atoms with van der Waals surface area (Å²) in [4.78, 5) is 26.9. The minimum Gasteiger partial charge on any atom is -0.357 e. The Bertz CT molecular complexity index is 795. The highest BCUT2D eigenvalue weighted by molar-refractivity contribution is 7.99. The number of amides is 2. The molecule has 0 saturated heterocycles. The summed E-state index contributed by atoms with van der Waals surface area (Å²) in [6.07, 6.45) is 0.509. The van der Waals surface area contributed by atoms with E-state index < -0.39 is 6.04 Å². The van der Waals surface area contributed by atoms with Gasteiger partial charge in [0.25, 0.3) is 0 Å². The van der Waals surface area contributed by atoms with Crippen LogP contribution in [0.4, 0.5) is 4.39 Å². The fraction of sp³-hybridized carbons (Fsp3) is 0.364. The van der Waals surface area contributed by atoms with E-state index in [-0.39, 0.29) is 29.9 Å². The fourth-order valence-corrected chi connectivity index (χ4v) is 3.96. The molecule has 0 aliphatic carbocycles. The summed E-state index contributed by atoms with van der Waals surface area (Å²) in [5.41, 5.74) is 3.19. The molecule has 0 fully saturated rings. The number of thioether (sulfide) groups is 1. The number of carbonyl (C=O) groups excluding carboxylic acids is 2. The highest BCUT2D eigenvalue weighted by Crippen LogP contribution is 2.19. The molecular formula is C22H27FN2O2S. The van der Waals surface area contributed by atoms with E-state index in [0.29, 0.717) is 6.42 Å². The van der Waals surface area contributed by atoms with Crippen LogP contribution in [0, 0.1) is 12.7 Å². The summed E-state index contributed by atoms with van der Waals surface area (Å²) in [7, 11) is 1.57. The zero-order valence-corrected chi connectivity index (χ0v) is 17.4. The van der Waals surface area contributed by atoms with E-state index in [4.69, 9.17) is 0 Å². The van der Waals surface area contributed by atoms with Crippen LogP contribution in [0.5, 0.6) is 0 Å². The van der Waals surface area contributed by atoms with Gasteiger partial charge in [-0.05, 0) is 42.2 Å². The maximum absolute atomic E-state index is 13.2. The number of halogens is 1. The predicted molar refractivity (Wildman–Crippen MR) is 112 cm³/mol. The molecule has 2 aromatic rings. The van der Waals surface area contributed by atoms with Crippen LogP contribution in [0.3, 0.4) is 0 Å². The van der Waals surface area contributed by atoms with Gasteiger partial charge in [0.05, 0.1) is 5.75 Å². The lowest BCUT2D eigenvalue weighted by atomic mass is 10.1. The van der Waals surface area contributed by atoms with Gasteiger partial charge in [-0.25, -0.2) is 4.39 Å². The standard InChI is InChI=1S/C22H27FN2O2S/c1-4-20(22(27)24-3)25(13-17-9-11-19(23)12-10-17)21(26)15-28-14-18-8-6-5-7-16(18)2/h5-12,20H,4,13-15H2,1-3H3,(H,24,27). The number of aryl methyl sites for hydroxylation is 1.